The molecule has 19 heavy (non-hydrogen) atoms. The molecule has 0 amide bonds. The Labute approximate surface area is 115 Å². The number of hydrogen-bond donors (Lipinski definition) is 1. The molecular weight excluding hydrogens is 238 g/mol. The summed E-state index contributed by atoms with van der Waals surface area (Å²) in [5.74, 6) is 1.51. The molecule has 1 aromatic rings. The van der Waals surface area contributed by atoms with Gasteiger partial charge < -0.3 is 14.8 Å². The number of ether oxygens (including phenoxy) is 2. The largest absolute Gasteiger partial charge is 0.497 e. The number of fused-ring (bicyclic) bond motifs is 1. The van der Waals surface area contributed by atoms with Crippen molar-refractivity contribution < 1.29 is 9.47 Å². The fourth-order valence-corrected chi connectivity index (χ4v) is 3.60. The molecule has 1 aromatic carbocycles. The average molecular weight is 261 g/mol. The molecule has 1 saturated heterocycles. The standard InChI is InChI=1S/C16H23NO2/c1-18-15-7-4-6-13(11-15)16-8-3-2-5-14(16)12-17-9-10-19-16/h4,6-7,11,14,17H,2-3,5,8-10,12H2,1H3. The predicted octanol–water partition coefficient (Wildman–Crippen LogP) is 2.70. The minimum Gasteiger partial charge on any atom is -0.497 e. The van der Waals surface area contributed by atoms with Crippen molar-refractivity contribution >= 4 is 0 Å². The Kier molecular flexibility index (Phi) is 3.76. The van der Waals surface area contributed by atoms with Gasteiger partial charge in [-0.15, -0.1) is 0 Å². The second-order valence-corrected chi connectivity index (χ2v) is 5.62. The predicted molar refractivity (Wildman–Crippen MR) is 75.5 cm³/mol. The summed E-state index contributed by atoms with van der Waals surface area (Å²) in [5, 5.41) is 3.51. The summed E-state index contributed by atoms with van der Waals surface area (Å²) < 4.78 is 11.7. The van der Waals surface area contributed by atoms with Crippen LogP contribution in [0.1, 0.15) is 31.2 Å². The molecule has 2 atom stereocenters. The van der Waals surface area contributed by atoms with Crippen molar-refractivity contribution in [3.63, 3.8) is 0 Å². The van der Waals surface area contributed by atoms with Gasteiger partial charge in [-0.3, -0.25) is 0 Å². The molecule has 0 spiro atoms. The van der Waals surface area contributed by atoms with E-state index in [9.17, 15) is 0 Å². The molecular formula is C16H23NO2. The van der Waals surface area contributed by atoms with Gasteiger partial charge in [0.25, 0.3) is 0 Å². The van der Waals surface area contributed by atoms with Gasteiger partial charge in [-0.05, 0) is 30.5 Å². The van der Waals surface area contributed by atoms with Crippen LogP contribution in [0, 0.1) is 5.92 Å². The number of hydrogen-bond acceptors (Lipinski definition) is 3. The van der Waals surface area contributed by atoms with Crippen LogP contribution in [0.4, 0.5) is 0 Å². The summed E-state index contributed by atoms with van der Waals surface area (Å²) >= 11 is 0. The van der Waals surface area contributed by atoms with Crippen LogP contribution in [-0.2, 0) is 10.3 Å². The average Bonchev–Trinajstić information content (AvgIpc) is 2.70. The van der Waals surface area contributed by atoms with E-state index in [1.807, 2.05) is 6.07 Å². The van der Waals surface area contributed by atoms with Crippen LogP contribution in [0.5, 0.6) is 5.75 Å². The van der Waals surface area contributed by atoms with E-state index < -0.39 is 0 Å². The van der Waals surface area contributed by atoms with Gasteiger partial charge in [0.05, 0.1) is 19.3 Å². The molecule has 2 fully saturated rings. The van der Waals surface area contributed by atoms with Gasteiger partial charge in [-0.1, -0.05) is 25.0 Å². The van der Waals surface area contributed by atoms with Crippen molar-refractivity contribution in [3.8, 4) is 5.75 Å². The molecule has 2 unspecified atom stereocenters. The van der Waals surface area contributed by atoms with Crippen molar-refractivity contribution in [2.45, 2.75) is 31.3 Å². The Morgan fingerprint density at radius 2 is 2.32 bits per heavy atom. The van der Waals surface area contributed by atoms with E-state index in [1.165, 1.54) is 24.8 Å². The van der Waals surface area contributed by atoms with E-state index in [4.69, 9.17) is 9.47 Å². The summed E-state index contributed by atoms with van der Waals surface area (Å²) in [4.78, 5) is 0. The Hall–Kier alpha value is -1.06. The van der Waals surface area contributed by atoms with Gasteiger partial charge in [0.1, 0.15) is 5.75 Å². The highest BCUT2D eigenvalue weighted by atomic mass is 16.5. The summed E-state index contributed by atoms with van der Waals surface area (Å²) in [5.41, 5.74) is 1.19. The highest BCUT2D eigenvalue weighted by Gasteiger charge is 2.44. The van der Waals surface area contributed by atoms with Crippen LogP contribution in [0.3, 0.4) is 0 Å². The zero-order chi connectivity index (χ0) is 13.1. The van der Waals surface area contributed by atoms with Crippen LogP contribution >= 0.6 is 0 Å². The minimum atomic E-state index is -0.101. The molecule has 1 aliphatic heterocycles. The van der Waals surface area contributed by atoms with Gasteiger partial charge in [-0.25, -0.2) is 0 Å². The molecule has 0 aromatic heterocycles. The molecule has 1 saturated carbocycles. The maximum atomic E-state index is 6.36. The fourth-order valence-electron chi connectivity index (χ4n) is 3.60. The molecule has 3 nitrogen and oxygen atoms in total. The third-order valence-corrected chi connectivity index (χ3v) is 4.60. The van der Waals surface area contributed by atoms with Crippen LogP contribution < -0.4 is 10.1 Å². The molecule has 1 heterocycles. The van der Waals surface area contributed by atoms with Gasteiger partial charge in [0.15, 0.2) is 0 Å². The highest BCUT2D eigenvalue weighted by molar-refractivity contribution is 5.33. The van der Waals surface area contributed by atoms with Crippen molar-refractivity contribution in [2.75, 3.05) is 26.8 Å². The van der Waals surface area contributed by atoms with E-state index in [1.54, 1.807) is 7.11 Å². The highest BCUT2D eigenvalue weighted by Crippen LogP contribution is 2.45. The fraction of sp³-hybridized carbons (Fsp3) is 0.625. The molecule has 1 aliphatic carbocycles. The lowest BCUT2D eigenvalue weighted by Gasteiger charge is -2.43. The Bertz CT molecular complexity index is 435. The first-order valence-corrected chi connectivity index (χ1v) is 7.34. The topological polar surface area (TPSA) is 30.5 Å². The molecule has 1 N–H and O–H groups in total. The Balaban J connectivity index is 1.99. The molecule has 104 valence electrons. The third kappa shape index (κ3) is 2.37. The van der Waals surface area contributed by atoms with Gasteiger partial charge in [-0.2, -0.15) is 0 Å². The van der Waals surface area contributed by atoms with Gasteiger partial charge >= 0.3 is 0 Å². The summed E-state index contributed by atoms with van der Waals surface area (Å²) in [6.45, 7) is 2.83. The van der Waals surface area contributed by atoms with E-state index in [2.05, 4.69) is 23.5 Å². The van der Waals surface area contributed by atoms with Crippen molar-refractivity contribution in [1.82, 2.24) is 5.32 Å². The van der Waals surface area contributed by atoms with Crippen LogP contribution in [0.2, 0.25) is 0 Å². The first kappa shape index (κ1) is 12.9. The molecule has 3 rings (SSSR count). The molecule has 0 radical (unpaired) electrons. The summed E-state index contributed by atoms with van der Waals surface area (Å²) in [6, 6.07) is 8.44. The van der Waals surface area contributed by atoms with Crippen molar-refractivity contribution in [1.29, 1.82) is 0 Å². The van der Waals surface area contributed by atoms with Crippen LogP contribution in [0.25, 0.3) is 0 Å². The van der Waals surface area contributed by atoms with Crippen molar-refractivity contribution in [2.24, 2.45) is 5.92 Å². The first-order valence-electron chi connectivity index (χ1n) is 7.34. The van der Waals surface area contributed by atoms with Crippen LogP contribution in [-0.4, -0.2) is 26.8 Å². The summed E-state index contributed by atoms with van der Waals surface area (Å²) in [6.07, 6.45) is 4.96. The number of benzene rings is 1. The minimum absolute atomic E-state index is 0.101. The Morgan fingerprint density at radius 3 is 3.21 bits per heavy atom. The maximum Gasteiger partial charge on any atom is 0.119 e. The molecule has 0 bridgehead atoms. The quantitative estimate of drug-likeness (QED) is 0.888. The van der Waals surface area contributed by atoms with Gasteiger partial charge in [0, 0.05) is 19.0 Å². The summed E-state index contributed by atoms with van der Waals surface area (Å²) in [7, 11) is 1.73. The lowest BCUT2D eigenvalue weighted by Crippen LogP contribution is -2.42. The number of rotatable bonds is 2. The van der Waals surface area contributed by atoms with Crippen LogP contribution in [0.15, 0.2) is 24.3 Å². The Morgan fingerprint density at radius 1 is 1.37 bits per heavy atom. The second kappa shape index (κ2) is 5.51. The number of methoxy groups -OCH3 is 1. The normalized spacial score (nSPS) is 31.3. The third-order valence-electron chi connectivity index (χ3n) is 4.60. The lowest BCUT2D eigenvalue weighted by atomic mass is 9.71. The lowest BCUT2D eigenvalue weighted by molar-refractivity contribution is -0.101. The van der Waals surface area contributed by atoms with Gasteiger partial charge in [0.2, 0.25) is 0 Å². The zero-order valence-electron chi connectivity index (χ0n) is 11.7. The maximum absolute atomic E-state index is 6.36. The molecule has 3 heteroatoms. The zero-order valence-corrected chi connectivity index (χ0v) is 11.7. The van der Waals surface area contributed by atoms with E-state index >= 15 is 0 Å². The van der Waals surface area contributed by atoms with E-state index in [0.29, 0.717) is 5.92 Å². The number of nitrogens with one attached hydrogen (secondary N) is 1. The first-order chi connectivity index (χ1) is 9.35. The van der Waals surface area contributed by atoms with Crippen molar-refractivity contribution in [3.05, 3.63) is 29.8 Å². The monoisotopic (exact) mass is 261 g/mol. The smallest absolute Gasteiger partial charge is 0.119 e. The van der Waals surface area contributed by atoms with E-state index in [-0.39, 0.29) is 5.60 Å². The molecule has 2 aliphatic rings. The van der Waals surface area contributed by atoms with E-state index in [0.717, 1.165) is 31.9 Å². The second-order valence-electron chi connectivity index (χ2n) is 5.62. The SMILES string of the molecule is COc1cccc(C23CCCCC2CNCCO3)c1.